The third-order valence-corrected chi connectivity index (χ3v) is 4.65. The van der Waals surface area contributed by atoms with Crippen LogP contribution >= 0.6 is 0 Å². The van der Waals surface area contributed by atoms with E-state index in [1.165, 1.54) is 19.4 Å². The molecule has 22 heavy (non-hydrogen) atoms. The Labute approximate surface area is 132 Å². The van der Waals surface area contributed by atoms with E-state index >= 15 is 0 Å². The molecule has 2 aliphatic rings. The summed E-state index contributed by atoms with van der Waals surface area (Å²) in [6, 6.07) is 1.82. The van der Waals surface area contributed by atoms with Crippen molar-refractivity contribution in [2.24, 2.45) is 5.92 Å². The number of carbonyl (C=O) groups is 1. The van der Waals surface area contributed by atoms with Gasteiger partial charge in [0.15, 0.2) is 0 Å². The van der Waals surface area contributed by atoms with Crippen molar-refractivity contribution in [2.75, 3.05) is 51.2 Å². The second-order valence-corrected chi connectivity index (χ2v) is 6.39. The minimum atomic E-state index is 0.314. The molecular formula is C16H25N5O. The zero-order valence-corrected chi connectivity index (χ0v) is 13.3. The van der Waals surface area contributed by atoms with Gasteiger partial charge in [0.05, 0.1) is 0 Å². The Bertz CT molecular complexity index is 487. The summed E-state index contributed by atoms with van der Waals surface area (Å²) in [4.78, 5) is 27.5. The predicted octanol–water partition coefficient (Wildman–Crippen LogP) is 0.857. The van der Waals surface area contributed by atoms with E-state index in [1.807, 2.05) is 11.0 Å². The molecule has 1 unspecified atom stereocenters. The van der Waals surface area contributed by atoms with Crippen LogP contribution in [0.2, 0.25) is 0 Å². The maximum atomic E-state index is 12.5. The van der Waals surface area contributed by atoms with Gasteiger partial charge >= 0.3 is 0 Å². The van der Waals surface area contributed by atoms with Gasteiger partial charge in [-0.05, 0) is 38.4 Å². The van der Waals surface area contributed by atoms with E-state index in [9.17, 15) is 4.79 Å². The van der Waals surface area contributed by atoms with Crippen molar-refractivity contribution in [3.63, 3.8) is 0 Å². The van der Waals surface area contributed by atoms with Gasteiger partial charge in [0.25, 0.3) is 0 Å². The lowest BCUT2D eigenvalue weighted by atomic mass is 9.94. The molecule has 1 amide bonds. The predicted molar refractivity (Wildman–Crippen MR) is 85.7 cm³/mol. The average molecular weight is 303 g/mol. The summed E-state index contributed by atoms with van der Waals surface area (Å²) < 4.78 is 0. The average Bonchev–Trinajstić information content (AvgIpc) is 2.56. The fourth-order valence-corrected chi connectivity index (χ4v) is 3.43. The molecule has 0 saturated carbocycles. The van der Waals surface area contributed by atoms with E-state index in [0.717, 1.165) is 38.7 Å². The van der Waals surface area contributed by atoms with Crippen molar-refractivity contribution in [1.82, 2.24) is 19.8 Å². The molecule has 0 aromatic carbocycles. The van der Waals surface area contributed by atoms with Crippen molar-refractivity contribution in [2.45, 2.75) is 19.3 Å². The molecule has 6 heteroatoms. The first-order chi connectivity index (χ1) is 10.7. The van der Waals surface area contributed by atoms with E-state index in [1.54, 1.807) is 12.4 Å². The van der Waals surface area contributed by atoms with Crippen molar-refractivity contribution in [3.8, 4) is 0 Å². The molecule has 2 aliphatic heterocycles. The van der Waals surface area contributed by atoms with E-state index in [2.05, 4.69) is 26.8 Å². The normalized spacial score (nSPS) is 23.6. The van der Waals surface area contributed by atoms with Crippen LogP contribution in [0.15, 0.2) is 18.5 Å². The van der Waals surface area contributed by atoms with Crippen LogP contribution < -0.4 is 4.90 Å². The van der Waals surface area contributed by atoms with Crippen molar-refractivity contribution >= 4 is 11.9 Å². The fraction of sp³-hybridized carbons (Fsp3) is 0.688. The monoisotopic (exact) mass is 303 g/mol. The number of likely N-dealkylation sites (tertiary alicyclic amines) is 1. The zero-order valence-electron chi connectivity index (χ0n) is 13.3. The number of nitrogens with zero attached hydrogens (tertiary/aromatic N) is 5. The maximum Gasteiger partial charge on any atom is 0.225 e. The largest absolute Gasteiger partial charge is 0.339 e. The molecule has 6 nitrogen and oxygen atoms in total. The summed E-state index contributed by atoms with van der Waals surface area (Å²) in [7, 11) is 2.15. The molecule has 1 aromatic rings. The van der Waals surface area contributed by atoms with E-state index in [4.69, 9.17) is 0 Å². The number of piperidine rings is 1. The van der Waals surface area contributed by atoms with E-state index in [0.29, 0.717) is 18.2 Å². The number of amides is 1. The minimum absolute atomic E-state index is 0.314. The molecule has 1 aromatic heterocycles. The highest BCUT2D eigenvalue weighted by atomic mass is 16.2. The van der Waals surface area contributed by atoms with Crippen LogP contribution in [-0.4, -0.2) is 72.0 Å². The molecular weight excluding hydrogens is 278 g/mol. The first kappa shape index (κ1) is 15.2. The molecule has 2 saturated heterocycles. The number of aromatic nitrogens is 2. The fourth-order valence-electron chi connectivity index (χ4n) is 3.43. The summed E-state index contributed by atoms with van der Waals surface area (Å²) in [5.41, 5.74) is 0. The molecule has 0 bridgehead atoms. The summed E-state index contributed by atoms with van der Waals surface area (Å²) in [5, 5.41) is 0. The molecule has 3 rings (SSSR count). The molecule has 0 radical (unpaired) electrons. The highest BCUT2D eigenvalue weighted by Crippen LogP contribution is 2.20. The van der Waals surface area contributed by atoms with Crippen LogP contribution in [0, 0.1) is 5.92 Å². The van der Waals surface area contributed by atoms with Gasteiger partial charge in [-0.3, -0.25) is 4.79 Å². The van der Waals surface area contributed by atoms with Crippen molar-refractivity contribution in [1.29, 1.82) is 0 Å². The Hall–Kier alpha value is -1.69. The summed E-state index contributed by atoms with van der Waals surface area (Å²) >= 11 is 0. The van der Waals surface area contributed by atoms with E-state index < -0.39 is 0 Å². The lowest BCUT2D eigenvalue weighted by Crippen LogP contribution is -2.50. The van der Waals surface area contributed by atoms with Gasteiger partial charge in [0.1, 0.15) is 0 Å². The van der Waals surface area contributed by atoms with Crippen LogP contribution in [0.3, 0.4) is 0 Å². The SMILES string of the molecule is CN1CCCC(CC(=O)N2CCN(c3ncccn3)CC2)C1. The van der Waals surface area contributed by atoms with Crippen LogP contribution in [0.25, 0.3) is 0 Å². The van der Waals surface area contributed by atoms with Crippen molar-refractivity contribution in [3.05, 3.63) is 18.5 Å². The Morgan fingerprint density at radius 3 is 2.59 bits per heavy atom. The van der Waals surface area contributed by atoms with Crippen LogP contribution in [0.5, 0.6) is 0 Å². The van der Waals surface area contributed by atoms with Gasteiger partial charge in [0, 0.05) is 51.5 Å². The number of piperazine rings is 1. The van der Waals surface area contributed by atoms with Crippen molar-refractivity contribution < 1.29 is 4.79 Å². The highest BCUT2D eigenvalue weighted by Gasteiger charge is 2.26. The third kappa shape index (κ3) is 3.74. The van der Waals surface area contributed by atoms with E-state index in [-0.39, 0.29) is 0 Å². The molecule has 0 N–H and O–H groups in total. The van der Waals surface area contributed by atoms with Crippen LogP contribution in [0.1, 0.15) is 19.3 Å². The third-order valence-electron chi connectivity index (χ3n) is 4.65. The molecule has 120 valence electrons. The molecule has 2 fully saturated rings. The Balaban J connectivity index is 1.47. The number of anilines is 1. The molecule has 0 aliphatic carbocycles. The highest BCUT2D eigenvalue weighted by molar-refractivity contribution is 5.76. The molecule has 0 spiro atoms. The Kier molecular flexibility index (Phi) is 4.87. The smallest absolute Gasteiger partial charge is 0.225 e. The summed E-state index contributed by atoms with van der Waals surface area (Å²) in [6.45, 7) is 5.42. The maximum absolute atomic E-state index is 12.5. The zero-order chi connectivity index (χ0) is 15.4. The van der Waals surface area contributed by atoms with Gasteiger partial charge in [0.2, 0.25) is 11.9 Å². The lowest BCUT2D eigenvalue weighted by Gasteiger charge is -2.36. The summed E-state index contributed by atoms with van der Waals surface area (Å²) in [6.07, 6.45) is 6.63. The second-order valence-electron chi connectivity index (χ2n) is 6.39. The quantitative estimate of drug-likeness (QED) is 0.829. The first-order valence-corrected chi connectivity index (χ1v) is 8.20. The number of hydrogen-bond donors (Lipinski definition) is 0. The Morgan fingerprint density at radius 2 is 1.91 bits per heavy atom. The van der Waals surface area contributed by atoms with Gasteiger partial charge in [-0.2, -0.15) is 0 Å². The molecule has 1 atom stereocenters. The van der Waals surface area contributed by atoms with Crippen LogP contribution in [-0.2, 0) is 4.79 Å². The van der Waals surface area contributed by atoms with Gasteiger partial charge < -0.3 is 14.7 Å². The Morgan fingerprint density at radius 1 is 1.18 bits per heavy atom. The lowest BCUT2D eigenvalue weighted by molar-refractivity contribution is -0.132. The number of rotatable bonds is 3. The minimum Gasteiger partial charge on any atom is -0.339 e. The standard InChI is InChI=1S/C16H25N5O/c1-19-7-2-4-14(13-19)12-15(22)20-8-10-21(11-9-20)16-17-5-3-6-18-16/h3,5-6,14H,2,4,7-13H2,1H3. The number of hydrogen-bond acceptors (Lipinski definition) is 5. The molecule has 3 heterocycles. The number of carbonyl (C=O) groups excluding carboxylic acids is 1. The first-order valence-electron chi connectivity index (χ1n) is 8.20. The van der Waals surface area contributed by atoms with Gasteiger partial charge in [-0.15, -0.1) is 0 Å². The van der Waals surface area contributed by atoms with Gasteiger partial charge in [-0.25, -0.2) is 9.97 Å². The summed E-state index contributed by atoms with van der Waals surface area (Å²) in [5.74, 6) is 1.61. The second kappa shape index (κ2) is 7.05. The van der Waals surface area contributed by atoms with Crippen LogP contribution in [0.4, 0.5) is 5.95 Å². The van der Waals surface area contributed by atoms with Gasteiger partial charge in [-0.1, -0.05) is 0 Å². The topological polar surface area (TPSA) is 52.6 Å².